The van der Waals surface area contributed by atoms with E-state index in [2.05, 4.69) is 67.8 Å². The van der Waals surface area contributed by atoms with Crippen LogP contribution in [0.4, 0.5) is 11.4 Å². The molecule has 3 aromatic carbocycles. The van der Waals surface area contributed by atoms with E-state index in [1.54, 1.807) is 0 Å². The van der Waals surface area contributed by atoms with E-state index in [1.165, 1.54) is 11.1 Å². The summed E-state index contributed by atoms with van der Waals surface area (Å²) in [4.78, 5) is 12.3. The van der Waals surface area contributed by atoms with Gasteiger partial charge in [0.25, 0.3) is 0 Å². The van der Waals surface area contributed by atoms with Crippen molar-refractivity contribution in [1.82, 2.24) is 0 Å². The third-order valence-corrected chi connectivity index (χ3v) is 4.96. The van der Waals surface area contributed by atoms with Crippen molar-refractivity contribution in [2.24, 2.45) is 0 Å². The molecule has 3 aromatic rings. The van der Waals surface area contributed by atoms with Crippen molar-refractivity contribution in [1.29, 1.82) is 0 Å². The molecule has 0 aliphatic heterocycles. The van der Waals surface area contributed by atoms with Gasteiger partial charge in [0.05, 0.1) is 13.2 Å². The number of anilines is 2. The average Bonchev–Trinajstić information content (AvgIpc) is 2.72. The van der Waals surface area contributed by atoms with Crippen molar-refractivity contribution in [3.05, 3.63) is 89.0 Å². The molecular weight excluding hydrogens is 372 g/mol. The monoisotopic (exact) mass is 402 g/mol. The molecule has 156 valence electrons. The highest BCUT2D eigenvalue weighted by Gasteiger charge is 2.07. The summed E-state index contributed by atoms with van der Waals surface area (Å²) in [6, 6.07) is 22.2. The summed E-state index contributed by atoms with van der Waals surface area (Å²) in [5.74, 6) is 0.732. The SMILES string of the molecule is Cc1cc(C)c(NCC(=O)Nc2ccc(OCCCc3ccccc3)cc2)c(C)c1. The fourth-order valence-electron chi connectivity index (χ4n) is 3.58. The van der Waals surface area contributed by atoms with Crippen molar-refractivity contribution < 1.29 is 9.53 Å². The number of hydrogen-bond acceptors (Lipinski definition) is 3. The molecule has 0 heterocycles. The molecule has 0 saturated heterocycles. The highest BCUT2D eigenvalue weighted by atomic mass is 16.5. The summed E-state index contributed by atoms with van der Waals surface area (Å²) in [5.41, 5.74) is 6.63. The Morgan fingerprint density at radius 3 is 2.23 bits per heavy atom. The van der Waals surface area contributed by atoms with Crippen LogP contribution in [0.3, 0.4) is 0 Å². The molecule has 0 fully saturated rings. The van der Waals surface area contributed by atoms with E-state index in [-0.39, 0.29) is 12.5 Å². The lowest BCUT2D eigenvalue weighted by Crippen LogP contribution is -2.22. The number of rotatable bonds is 9. The first-order valence-corrected chi connectivity index (χ1v) is 10.4. The lowest BCUT2D eigenvalue weighted by atomic mass is 10.1. The average molecular weight is 403 g/mol. The van der Waals surface area contributed by atoms with Crippen LogP contribution in [-0.2, 0) is 11.2 Å². The van der Waals surface area contributed by atoms with Crippen molar-refractivity contribution in [3.8, 4) is 5.75 Å². The van der Waals surface area contributed by atoms with Crippen molar-refractivity contribution in [2.75, 3.05) is 23.8 Å². The zero-order chi connectivity index (χ0) is 21.3. The molecule has 30 heavy (non-hydrogen) atoms. The van der Waals surface area contributed by atoms with Gasteiger partial charge in [-0.3, -0.25) is 4.79 Å². The zero-order valence-corrected chi connectivity index (χ0v) is 18.0. The van der Waals surface area contributed by atoms with Gasteiger partial charge in [-0.25, -0.2) is 0 Å². The molecule has 0 radical (unpaired) electrons. The molecule has 0 atom stereocenters. The van der Waals surface area contributed by atoms with Crippen molar-refractivity contribution in [2.45, 2.75) is 33.6 Å². The van der Waals surface area contributed by atoms with Crippen LogP contribution in [0.25, 0.3) is 0 Å². The molecule has 0 unspecified atom stereocenters. The van der Waals surface area contributed by atoms with Crippen LogP contribution in [0.1, 0.15) is 28.7 Å². The molecule has 0 saturated carbocycles. The molecule has 0 bridgehead atoms. The molecule has 0 aromatic heterocycles. The number of aryl methyl sites for hydroxylation is 4. The first kappa shape index (κ1) is 21.4. The van der Waals surface area contributed by atoms with Crippen LogP contribution in [0.2, 0.25) is 0 Å². The molecule has 0 aliphatic carbocycles. The van der Waals surface area contributed by atoms with Gasteiger partial charge in [-0.2, -0.15) is 0 Å². The molecule has 4 nitrogen and oxygen atoms in total. The Kier molecular flexibility index (Phi) is 7.50. The number of benzene rings is 3. The number of hydrogen-bond donors (Lipinski definition) is 2. The number of amides is 1. The van der Waals surface area contributed by atoms with Crippen LogP contribution in [-0.4, -0.2) is 19.1 Å². The van der Waals surface area contributed by atoms with Crippen molar-refractivity contribution >= 4 is 17.3 Å². The Morgan fingerprint density at radius 1 is 0.900 bits per heavy atom. The Labute approximate surface area is 179 Å². The van der Waals surface area contributed by atoms with Crippen LogP contribution in [0.15, 0.2) is 66.7 Å². The van der Waals surface area contributed by atoms with Crippen LogP contribution in [0, 0.1) is 20.8 Å². The summed E-state index contributed by atoms with van der Waals surface area (Å²) in [5, 5.41) is 6.17. The van der Waals surface area contributed by atoms with Gasteiger partial charge in [0.1, 0.15) is 5.75 Å². The highest BCUT2D eigenvalue weighted by molar-refractivity contribution is 5.94. The molecule has 1 amide bonds. The molecule has 3 rings (SSSR count). The smallest absolute Gasteiger partial charge is 0.243 e. The summed E-state index contributed by atoms with van der Waals surface area (Å²) in [7, 11) is 0. The highest BCUT2D eigenvalue weighted by Crippen LogP contribution is 2.22. The number of ether oxygens (including phenoxy) is 1. The quantitative estimate of drug-likeness (QED) is 0.453. The molecule has 4 heteroatoms. The fourth-order valence-corrected chi connectivity index (χ4v) is 3.58. The normalized spacial score (nSPS) is 10.5. The first-order valence-electron chi connectivity index (χ1n) is 10.4. The van der Waals surface area contributed by atoms with Crippen molar-refractivity contribution in [3.63, 3.8) is 0 Å². The zero-order valence-electron chi connectivity index (χ0n) is 18.0. The maximum absolute atomic E-state index is 12.3. The summed E-state index contributed by atoms with van der Waals surface area (Å²) in [6.07, 6.45) is 1.97. The summed E-state index contributed by atoms with van der Waals surface area (Å²) in [6.45, 7) is 7.08. The van der Waals surface area contributed by atoms with E-state index in [0.29, 0.717) is 6.61 Å². The second-order valence-corrected chi connectivity index (χ2v) is 7.64. The second kappa shape index (κ2) is 10.5. The Hall–Kier alpha value is -3.27. The number of nitrogens with one attached hydrogen (secondary N) is 2. The fraction of sp³-hybridized carbons (Fsp3) is 0.269. The van der Waals surface area contributed by atoms with E-state index >= 15 is 0 Å². The van der Waals surface area contributed by atoms with Gasteiger partial charge in [-0.1, -0.05) is 48.0 Å². The van der Waals surface area contributed by atoms with Gasteiger partial charge in [-0.05, 0) is 74.6 Å². The van der Waals surface area contributed by atoms with Crippen LogP contribution >= 0.6 is 0 Å². The minimum Gasteiger partial charge on any atom is -0.494 e. The topological polar surface area (TPSA) is 50.4 Å². The molecule has 2 N–H and O–H groups in total. The minimum atomic E-state index is -0.0779. The number of carbonyl (C=O) groups is 1. The van der Waals surface area contributed by atoms with Crippen LogP contribution in [0.5, 0.6) is 5.75 Å². The van der Waals surface area contributed by atoms with Gasteiger partial charge in [-0.15, -0.1) is 0 Å². The maximum atomic E-state index is 12.3. The largest absolute Gasteiger partial charge is 0.494 e. The lowest BCUT2D eigenvalue weighted by Gasteiger charge is -2.14. The Balaban J connectivity index is 1.42. The molecular formula is C26H30N2O2. The Morgan fingerprint density at radius 2 is 1.57 bits per heavy atom. The summed E-state index contributed by atoms with van der Waals surface area (Å²) < 4.78 is 5.80. The summed E-state index contributed by atoms with van der Waals surface area (Å²) >= 11 is 0. The third-order valence-electron chi connectivity index (χ3n) is 4.96. The van der Waals surface area contributed by atoms with E-state index in [1.807, 2.05) is 30.3 Å². The predicted molar refractivity (Wildman–Crippen MR) is 124 cm³/mol. The Bertz CT molecular complexity index is 943. The van der Waals surface area contributed by atoms with E-state index in [0.717, 1.165) is 41.1 Å². The molecule has 0 aliphatic rings. The van der Waals surface area contributed by atoms with Gasteiger partial charge < -0.3 is 15.4 Å². The van der Waals surface area contributed by atoms with Gasteiger partial charge in [0.15, 0.2) is 0 Å². The first-order chi connectivity index (χ1) is 14.5. The standard InChI is InChI=1S/C26H30N2O2/c1-19-16-20(2)26(21(3)17-19)27-18-25(29)28-23-11-13-24(14-12-23)30-15-7-10-22-8-5-4-6-9-22/h4-6,8-9,11-14,16-17,27H,7,10,15,18H2,1-3H3,(H,28,29). The van der Waals surface area contributed by atoms with Gasteiger partial charge in [0.2, 0.25) is 5.91 Å². The molecule has 0 spiro atoms. The second-order valence-electron chi connectivity index (χ2n) is 7.64. The third kappa shape index (κ3) is 6.38. The number of carbonyl (C=O) groups excluding carboxylic acids is 1. The lowest BCUT2D eigenvalue weighted by molar-refractivity contribution is -0.114. The van der Waals surface area contributed by atoms with Crippen LogP contribution < -0.4 is 15.4 Å². The van der Waals surface area contributed by atoms with Gasteiger partial charge in [0, 0.05) is 11.4 Å². The van der Waals surface area contributed by atoms with Gasteiger partial charge >= 0.3 is 0 Å². The predicted octanol–water partition coefficient (Wildman–Crippen LogP) is 5.67. The van der Waals surface area contributed by atoms with E-state index < -0.39 is 0 Å². The van der Waals surface area contributed by atoms with E-state index in [9.17, 15) is 4.79 Å². The van der Waals surface area contributed by atoms with E-state index in [4.69, 9.17) is 4.74 Å². The minimum absolute atomic E-state index is 0.0779. The maximum Gasteiger partial charge on any atom is 0.243 e.